The zero-order valence-corrected chi connectivity index (χ0v) is 21.6. The molecule has 0 aliphatic rings. The van der Waals surface area contributed by atoms with E-state index < -0.39 is 17.5 Å². The van der Waals surface area contributed by atoms with Gasteiger partial charge < -0.3 is 19.7 Å². The van der Waals surface area contributed by atoms with Gasteiger partial charge in [0.05, 0.1) is 19.1 Å². The molecule has 0 bridgehead atoms. The number of unbranched alkanes of at least 4 members (excludes halogenated alkanes) is 5. The minimum atomic E-state index is -1.53. The zero-order valence-electron chi connectivity index (χ0n) is 21.6. The number of ether oxygens (including phenoxy) is 2. The van der Waals surface area contributed by atoms with Gasteiger partial charge in [-0.1, -0.05) is 56.0 Å². The molecule has 2 aromatic carbocycles. The Balaban J connectivity index is 1.57. The van der Waals surface area contributed by atoms with E-state index in [1.54, 1.807) is 0 Å². The quantitative estimate of drug-likeness (QED) is 0.171. The summed E-state index contributed by atoms with van der Waals surface area (Å²) in [6, 6.07) is 11.0. The first-order chi connectivity index (χ1) is 17.8. The van der Waals surface area contributed by atoms with Crippen LogP contribution in [-0.2, 0) is 20.9 Å². The van der Waals surface area contributed by atoms with Crippen molar-refractivity contribution >= 4 is 11.9 Å². The van der Waals surface area contributed by atoms with Gasteiger partial charge in [-0.15, -0.1) is 0 Å². The van der Waals surface area contributed by atoms with Gasteiger partial charge in [-0.05, 0) is 44.6 Å². The van der Waals surface area contributed by atoms with Crippen molar-refractivity contribution in [1.29, 1.82) is 0 Å². The van der Waals surface area contributed by atoms with Gasteiger partial charge in [0.1, 0.15) is 6.61 Å². The smallest absolute Gasteiger partial charge is 0.308 e. The fraction of sp³-hybridized carbons (Fsp3) is 0.500. The fourth-order valence-electron chi connectivity index (χ4n) is 3.80. The predicted molar refractivity (Wildman–Crippen MR) is 135 cm³/mol. The number of hydrogen-bond donors (Lipinski definition) is 1. The number of carbonyl (C=O) groups excluding carboxylic acids is 2. The second-order valence-corrected chi connectivity index (χ2v) is 9.27. The van der Waals surface area contributed by atoms with E-state index in [1.807, 2.05) is 49.3 Å². The van der Waals surface area contributed by atoms with Crippen LogP contribution in [0.15, 0.2) is 42.5 Å². The molecule has 0 saturated heterocycles. The highest BCUT2D eigenvalue weighted by atomic mass is 19.2. The molecule has 2 aromatic rings. The maximum atomic E-state index is 13.5. The van der Waals surface area contributed by atoms with Crippen LogP contribution in [0.4, 0.5) is 13.2 Å². The standard InChI is InChI=1S/C28H37F3N2O4/c1-33(2)19-22(18-26(35)37-20-21-12-8-7-9-13-21)32-25(34)14-10-5-3-4-6-11-17-36-24-16-15-23(29)27(30)28(24)31/h7-9,12-13,15-16,22H,3-6,10-11,14,17-20H2,1-2H3,(H,32,34). The number of amides is 1. The molecule has 37 heavy (non-hydrogen) atoms. The molecule has 1 amide bonds. The molecule has 0 radical (unpaired) electrons. The van der Waals surface area contributed by atoms with Crippen LogP contribution in [0.25, 0.3) is 0 Å². The Labute approximate surface area is 217 Å². The average Bonchev–Trinajstić information content (AvgIpc) is 2.86. The van der Waals surface area contributed by atoms with E-state index in [0.29, 0.717) is 19.4 Å². The summed E-state index contributed by atoms with van der Waals surface area (Å²) in [6.45, 7) is 0.949. The van der Waals surface area contributed by atoms with Crippen molar-refractivity contribution in [3.8, 4) is 5.75 Å². The average molecular weight is 523 g/mol. The molecule has 0 aliphatic heterocycles. The minimum absolute atomic E-state index is 0.0929. The highest BCUT2D eigenvalue weighted by Crippen LogP contribution is 2.22. The summed E-state index contributed by atoms with van der Waals surface area (Å²) in [5.74, 6) is -4.82. The van der Waals surface area contributed by atoms with E-state index in [1.165, 1.54) is 0 Å². The van der Waals surface area contributed by atoms with Crippen molar-refractivity contribution in [2.24, 2.45) is 0 Å². The third-order valence-electron chi connectivity index (χ3n) is 5.66. The number of esters is 1. The summed E-state index contributed by atoms with van der Waals surface area (Å²) in [6.07, 6.45) is 5.44. The van der Waals surface area contributed by atoms with E-state index in [9.17, 15) is 22.8 Å². The van der Waals surface area contributed by atoms with Crippen molar-refractivity contribution < 1.29 is 32.2 Å². The summed E-state index contributed by atoms with van der Waals surface area (Å²) < 4.78 is 50.2. The highest BCUT2D eigenvalue weighted by Gasteiger charge is 2.18. The Hall–Kier alpha value is -3.07. The van der Waals surface area contributed by atoms with Crippen molar-refractivity contribution in [3.63, 3.8) is 0 Å². The van der Waals surface area contributed by atoms with Gasteiger partial charge >= 0.3 is 5.97 Å². The van der Waals surface area contributed by atoms with Gasteiger partial charge in [-0.2, -0.15) is 4.39 Å². The first-order valence-corrected chi connectivity index (χ1v) is 12.7. The summed E-state index contributed by atoms with van der Waals surface area (Å²) >= 11 is 0. The molecule has 0 saturated carbocycles. The first kappa shape index (κ1) is 30.2. The van der Waals surface area contributed by atoms with Crippen LogP contribution in [0.5, 0.6) is 5.75 Å². The maximum absolute atomic E-state index is 13.5. The van der Waals surface area contributed by atoms with Crippen LogP contribution in [0.1, 0.15) is 56.9 Å². The summed E-state index contributed by atoms with van der Waals surface area (Å²) in [5.41, 5.74) is 0.911. The van der Waals surface area contributed by atoms with E-state index in [4.69, 9.17) is 9.47 Å². The second kappa shape index (κ2) is 16.6. The lowest BCUT2D eigenvalue weighted by atomic mass is 10.1. The van der Waals surface area contributed by atoms with Gasteiger partial charge in [-0.3, -0.25) is 9.59 Å². The summed E-state index contributed by atoms with van der Waals surface area (Å²) in [5, 5.41) is 2.95. The van der Waals surface area contributed by atoms with Gasteiger partial charge in [-0.25, -0.2) is 8.78 Å². The molecule has 1 unspecified atom stereocenters. The molecular weight excluding hydrogens is 485 g/mol. The molecular formula is C28H37F3N2O4. The number of nitrogens with zero attached hydrogens (tertiary/aromatic N) is 1. The Morgan fingerprint density at radius 3 is 2.27 bits per heavy atom. The Bertz CT molecular complexity index is 973. The first-order valence-electron chi connectivity index (χ1n) is 12.7. The molecule has 1 N–H and O–H groups in total. The number of carbonyl (C=O) groups is 2. The number of nitrogens with one attached hydrogen (secondary N) is 1. The lowest BCUT2D eigenvalue weighted by Gasteiger charge is -2.22. The van der Waals surface area contributed by atoms with E-state index in [0.717, 1.165) is 49.8 Å². The largest absolute Gasteiger partial charge is 0.490 e. The zero-order chi connectivity index (χ0) is 27.0. The molecule has 0 spiro atoms. The van der Waals surface area contributed by atoms with Crippen molar-refractivity contribution in [2.75, 3.05) is 27.2 Å². The molecule has 6 nitrogen and oxygen atoms in total. The van der Waals surface area contributed by atoms with Crippen LogP contribution < -0.4 is 10.1 Å². The summed E-state index contributed by atoms with van der Waals surface area (Å²) in [7, 11) is 3.77. The number of halogens is 3. The highest BCUT2D eigenvalue weighted by molar-refractivity contribution is 5.77. The van der Waals surface area contributed by atoms with E-state index in [-0.39, 0.29) is 43.3 Å². The van der Waals surface area contributed by atoms with Crippen LogP contribution >= 0.6 is 0 Å². The molecule has 0 fully saturated rings. The van der Waals surface area contributed by atoms with Crippen LogP contribution in [0.3, 0.4) is 0 Å². The monoisotopic (exact) mass is 522 g/mol. The lowest BCUT2D eigenvalue weighted by Crippen LogP contribution is -2.43. The third-order valence-corrected chi connectivity index (χ3v) is 5.66. The topological polar surface area (TPSA) is 67.9 Å². The van der Waals surface area contributed by atoms with E-state index >= 15 is 0 Å². The van der Waals surface area contributed by atoms with Gasteiger partial charge in [0.15, 0.2) is 17.4 Å². The molecule has 0 aromatic heterocycles. The summed E-state index contributed by atoms with van der Waals surface area (Å²) in [4.78, 5) is 26.6. The van der Waals surface area contributed by atoms with Crippen molar-refractivity contribution in [2.45, 2.75) is 64.0 Å². The van der Waals surface area contributed by atoms with Crippen LogP contribution in [0.2, 0.25) is 0 Å². The van der Waals surface area contributed by atoms with Crippen LogP contribution in [-0.4, -0.2) is 50.1 Å². The molecule has 2 rings (SSSR count). The van der Waals surface area contributed by atoms with Gasteiger partial charge in [0, 0.05) is 13.0 Å². The number of likely N-dealkylation sites (N-methyl/N-ethyl adjacent to an activating group) is 1. The molecule has 204 valence electrons. The predicted octanol–water partition coefficient (Wildman–Crippen LogP) is 5.39. The normalized spacial score (nSPS) is 11.8. The van der Waals surface area contributed by atoms with Crippen molar-refractivity contribution in [1.82, 2.24) is 10.2 Å². The van der Waals surface area contributed by atoms with Gasteiger partial charge in [0.2, 0.25) is 11.7 Å². The molecule has 9 heteroatoms. The fourth-order valence-corrected chi connectivity index (χ4v) is 3.80. The Morgan fingerprint density at radius 1 is 0.892 bits per heavy atom. The lowest BCUT2D eigenvalue weighted by molar-refractivity contribution is -0.145. The second-order valence-electron chi connectivity index (χ2n) is 9.27. The molecule has 0 heterocycles. The third kappa shape index (κ3) is 12.1. The minimum Gasteiger partial charge on any atom is -0.490 e. The number of hydrogen-bond acceptors (Lipinski definition) is 5. The molecule has 1 atom stereocenters. The van der Waals surface area contributed by atoms with Crippen LogP contribution in [0, 0.1) is 17.5 Å². The number of benzene rings is 2. The Kier molecular flexibility index (Phi) is 13.6. The SMILES string of the molecule is CN(C)CC(CC(=O)OCc1ccccc1)NC(=O)CCCCCCCCOc1ccc(F)c(F)c1F. The maximum Gasteiger partial charge on any atom is 0.308 e. The number of rotatable bonds is 17. The molecule has 0 aliphatic carbocycles. The van der Waals surface area contributed by atoms with Gasteiger partial charge in [0.25, 0.3) is 0 Å². The van der Waals surface area contributed by atoms with E-state index in [2.05, 4.69) is 5.32 Å². The van der Waals surface area contributed by atoms with Crippen molar-refractivity contribution in [3.05, 3.63) is 65.5 Å². The Morgan fingerprint density at radius 2 is 1.57 bits per heavy atom.